The van der Waals surface area contributed by atoms with E-state index < -0.39 is 12.0 Å². The largest absolute Gasteiger partial charge is 0.480 e. The van der Waals surface area contributed by atoms with Crippen molar-refractivity contribution in [3.63, 3.8) is 0 Å². The Balaban J connectivity index is 1.80. The number of nitrogens with zero attached hydrogens (tertiary/aromatic N) is 1. The van der Waals surface area contributed by atoms with Gasteiger partial charge in [-0.1, -0.05) is 0 Å². The van der Waals surface area contributed by atoms with Crippen molar-refractivity contribution in [2.24, 2.45) is 0 Å². The molecule has 3 amide bonds. The normalized spacial score (nSPS) is 27.1. The van der Waals surface area contributed by atoms with Gasteiger partial charge in [0, 0.05) is 24.8 Å². The average Bonchev–Trinajstić information content (AvgIpc) is 2.94. The van der Waals surface area contributed by atoms with E-state index in [9.17, 15) is 14.4 Å². The van der Waals surface area contributed by atoms with E-state index >= 15 is 0 Å². The van der Waals surface area contributed by atoms with E-state index in [2.05, 4.69) is 10.6 Å². The molecule has 18 heavy (non-hydrogen) atoms. The first-order chi connectivity index (χ1) is 8.58. The number of carbonyl (C=O) groups excluding carboxylic acids is 2. The van der Waals surface area contributed by atoms with Crippen molar-refractivity contribution in [1.29, 1.82) is 0 Å². The molecule has 1 unspecified atom stereocenters. The molecule has 0 aliphatic carbocycles. The zero-order chi connectivity index (χ0) is 13.1. The van der Waals surface area contributed by atoms with Crippen LogP contribution < -0.4 is 10.6 Å². The van der Waals surface area contributed by atoms with Gasteiger partial charge in [0.15, 0.2) is 0 Å². The van der Waals surface area contributed by atoms with Crippen LogP contribution in [0.3, 0.4) is 0 Å². The number of rotatable bonds is 3. The molecule has 0 aromatic carbocycles. The number of thioether (sulfide) groups is 1. The summed E-state index contributed by atoms with van der Waals surface area (Å²) in [5.41, 5.74) is 0. The SMILES string of the molecule is O=C1CCC(CNC(=O)N2CSC[C@H]2C(=O)O)N1. The van der Waals surface area contributed by atoms with E-state index in [0.29, 0.717) is 31.0 Å². The lowest BCUT2D eigenvalue weighted by molar-refractivity contribution is -0.140. The predicted molar refractivity (Wildman–Crippen MR) is 65.2 cm³/mol. The van der Waals surface area contributed by atoms with E-state index in [-0.39, 0.29) is 18.0 Å². The summed E-state index contributed by atoms with van der Waals surface area (Å²) in [6.07, 6.45) is 1.19. The van der Waals surface area contributed by atoms with Crippen LogP contribution >= 0.6 is 11.8 Å². The van der Waals surface area contributed by atoms with Crippen LogP contribution in [-0.2, 0) is 9.59 Å². The molecule has 100 valence electrons. The smallest absolute Gasteiger partial charge is 0.327 e. The summed E-state index contributed by atoms with van der Waals surface area (Å²) < 4.78 is 0. The summed E-state index contributed by atoms with van der Waals surface area (Å²) in [7, 11) is 0. The van der Waals surface area contributed by atoms with Gasteiger partial charge in [-0.15, -0.1) is 11.8 Å². The third kappa shape index (κ3) is 2.87. The number of hydrogen-bond donors (Lipinski definition) is 3. The standard InChI is InChI=1S/C10H15N3O4S/c14-8-2-1-6(12-8)3-11-10(17)13-5-18-4-7(13)9(15)16/h6-7H,1-5H2,(H,11,17)(H,12,14)(H,15,16)/t6?,7-/m0/s1. The number of hydrogen-bond acceptors (Lipinski definition) is 4. The van der Waals surface area contributed by atoms with Crippen LogP contribution in [0.4, 0.5) is 4.79 Å². The van der Waals surface area contributed by atoms with Crippen LogP contribution in [0, 0.1) is 0 Å². The number of nitrogens with one attached hydrogen (secondary N) is 2. The Kier molecular flexibility index (Phi) is 3.95. The molecule has 0 aromatic rings. The van der Waals surface area contributed by atoms with Crippen LogP contribution in [0.2, 0.25) is 0 Å². The lowest BCUT2D eigenvalue weighted by atomic mass is 10.2. The second-order valence-corrected chi connectivity index (χ2v) is 5.31. The van der Waals surface area contributed by atoms with Gasteiger partial charge in [0.05, 0.1) is 5.88 Å². The fourth-order valence-corrected chi connectivity index (χ4v) is 3.13. The van der Waals surface area contributed by atoms with Gasteiger partial charge >= 0.3 is 12.0 Å². The average molecular weight is 273 g/mol. The number of urea groups is 1. The maximum Gasteiger partial charge on any atom is 0.327 e. The Morgan fingerprint density at radius 2 is 2.33 bits per heavy atom. The van der Waals surface area contributed by atoms with Gasteiger partial charge < -0.3 is 20.6 Å². The van der Waals surface area contributed by atoms with Crippen molar-refractivity contribution in [1.82, 2.24) is 15.5 Å². The van der Waals surface area contributed by atoms with E-state index in [1.807, 2.05) is 0 Å². The highest BCUT2D eigenvalue weighted by molar-refractivity contribution is 7.99. The van der Waals surface area contributed by atoms with Gasteiger partial charge in [-0.25, -0.2) is 9.59 Å². The first-order valence-electron chi connectivity index (χ1n) is 5.72. The van der Waals surface area contributed by atoms with E-state index in [1.165, 1.54) is 16.7 Å². The monoisotopic (exact) mass is 273 g/mol. The molecule has 2 fully saturated rings. The third-order valence-corrected chi connectivity index (χ3v) is 4.03. The molecule has 2 aliphatic rings. The first kappa shape index (κ1) is 13.0. The number of carboxylic acid groups (broad SMARTS) is 1. The molecule has 0 spiro atoms. The Morgan fingerprint density at radius 1 is 1.56 bits per heavy atom. The molecule has 0 bridgehead atoms. The third-order valence-electron chi connectivity index (χ3n) is 3.01. The number of carbonyl (C=O) groups is 3. The molecular weight excluding hydrogens is 258 g/mol. The molecule has 0 aromatic heterocycles. The minimum atomic E-state index is -0.982. The quantitative estimate of drug-likeness (QED) is 0.640. The summed E-state index contributed by atoms with van der Waals surface area (Å²) in [5, 5.41) is 14.4. The number of aliphatic carboxylic acids is 1. The fourth-order valence-electron chi connectivity index (χ4n) is 1.99. The van der Waals surface area contributed by atoms with Gasteiger partial charge in [-0.2, -0.15) is 0 Å². The molecule has 3 N–H and O–H groups in total. The Hall–Kier alpha value is -1.44. The van der Waals surface area contributed by atoms with Crippen molar-refractivity contribution >= 4 is 29.7 Å². The summed E-state index contributed by atoms with van der Waals surface area (Å²) in [5.74, 6) is -0.179. The lowest BCUT2D eigenvalue weighted by Crippen LogP contribution is -2.49. The number of carboxylic acids is 1. The van der Waals surface area contributed by atoms with Gasteiger partial charge in [0.2, 0.25) is 5.91 Å². The highest BCUT2D eigenvalue weighted by Gasteiger charge is 2.34. The maximum atomic E-state index is 11.8. The molecule has 8 heteroatoms. The molecule has 0 radical (unpaired) electrons. The molecule has 2 heterocycles. The molecule has 2 aliphatic heterocycles. The highest BCUT2D eigenvalue weighted by atomic mass is 32.2. The fraction of sp³-hybridized carbons (Fsp3) is 0.700. The van der Waals surface area contributed by atoms with Gasteiger partial charge in [0.25, 0.3) is 0 Å². The number of amides is 3. The zero-order valence-electron chi connectivity index (χ0n) is 9.72. The van der Waals surface area contributed by atoms with Gasteiger partial charge in [0.1, 0.15) is 6.04 Å². The minimum absolute atomic E-state index is 0.00519. The van der Waals surface area contributed by atoms with Crippen LogP contribution in [0.1, 0.15) is 12.8 Å². The zero-order valence-corrected chi connectivity index (χ0v) is 10.5. The van der Waals surface area contributed by atoms with Crippen LogP contribution in [-0.4, -0.2) is 58.2 Å². The van der Waals surface area contributed by atoms with E-state index in [4.69, 9.17) is 5.11 Å². The molecule has 2 rings (SSSR count). The van der Waals surface area contributed by atoms with Crippen molar-refractivity contribution < 1.29 is 19.5 Å². The topological polar surface area (TPSA) is 98.7 Å². The Bertz CT molecular complexity index is 376. The van der Waals surface area contributed by atoms with Crippen LogP contribution in [0.5, 0.6) is 0 Å². The molecule has 2 saturated heterocycles. The first-order valence-corrected chi connectivity index (χ1v) is 6.88. The van der Waals surface area contributed by atoms with Gasteiger partial charge in [-0.05, 0) is 6.42 Å². The second-order valence-electron chi connectivity index (χ2n) is 4.31. The van der Waals surface area contributed by atoms with Crippen molar-refractivity contribution in [3.8, 4) is 0 Å². The molecule has 0 saturated carbocycles. The lowest BCUT2D eigenvalue weighted by Gasteiger charge is -2.22. The Labute approximate surface area is 108 Å². The van der Waals surface area contributed by atoms with Crippen LogP contribution in [0.15, 0.2) is 0 Å². The van der Waals surface area contributed by atoms with E-state index in [1.54, 1.807) is 0 Å². The maximum absolute atomic E-state index is 11.8. The minimum Gasteiger partial charge on any atom is -0.480 e. The predicted octanol–water partition coefficient (Wildman–Crippen LogP) is -0.566. The van der Waals surface area contributed by atoms with Crippen molar-refractivity contribution in [2.45, 2.75) is 24.9 Å². The molecule has 2 atom stereocenters. The van der Waals surface area contributed by atoms with Gasteiger partial charge in [-0.3, -0.25) is 4.79 Å². The van der Waals surface area contributed by atoms with Crippen molar-refractivity contribution in [3.05, 3.63) is 0 Å². The summed E-state index contributed by atoms with van der Waals surface area (Å²) >= 11 is 1.42. The summed E-state index contributed by atoms with van der Waals surface area (Å²) in [4.78, 5) is 35.0. The van der Waals surface area contributed by atoms with E-state index in [0.717, 1.165) is 0 Å². The van der Waals surface area contributed by atoms with Crippen molar-refractivity contribution in [2.75, 3.05) is 18.2 Å². The summed E-state index contributed by atoms with van der Waals surface area (Å²) in [6.45, 7) is 0.345. The summed E-state index contributed by atoms with van der Waals surface area (Å²) in [6, 6.07) is -1.18. The second kappa shape index (κ2) is 5.47. The molecule has 7 nitrogen and oxygen atoms in total. The molecular formula is C10H15N3O4S. The van der Waals surface area contributed by atoms with Crippen LogP contribution in [0.25, 0.3) is 0 Å². The highest BCUT2D eigenvalue weighted by Crippen LogP contribution is 2.20. The Morgan fingerprint density at radius 3 is 2.94 bits per heavy atom.